The maximum atomic E-state index is 11.4. The first kappa shape index (κ1) is 13.4. The van der Waals surface area contributed by atoms with Crippen LogP contribution in [0.3, 0.4) is 0 Å². The summed E-state index contributed by atoms with van der Waals surface area (Å²) in [4.78, 5) is 13.4. The minimum Gasteiger partial charge on any atom is -0.468 e. The van der Waals surface area contributed by atoms with E-state index in [1.54, 1.807) is 12.3 Å². The molecule has 102 valence electrons. The van der Waals surface area contributed by atoms with Crippen LogP contribution in [0.5, 0.6) is 0 Å². The number of nitrogen functional groups attached to an aromatic ring is 1. The van der Waals surface area contributed by atoms with Crippen LogP contribution in [0, 0.1) is 6.92 Å². The highest BCUT2D eigenvalue weighted by atomic mass is 16.4. The number of hydrogen-bond donors (Lipinski definition) is 2. The molecule has 3 N–H and O–H groups in total. The second kappa shape index (κ2) is 5.73. The van der Waals surface area contributed by atoms with E-state index < -0.39 is 5.91 Å². The average Bonchev–Trinajstić information content (AvgIpc) is 2.99. The van der Waals surface area contributed by atoms with Gasteiger partial charge in [0.1, 0.15) is 11.5 Å². The third-order valence-electron chi connectivity index (χ3n) is 2.82. The molecule has 0 aliphatic heterocycles. The number of furan rings is 2. The highest BCUT2D eigenvalue weighted by Gasteiger charge is 2.14. The predicted octanol–water partition coefficient (Wildman–Crippen LogP) is 1.42. The Kier molecular flexibility index (Phi) is 4.03. The summed E-state index contributed by atoms with van der Waals surface area (Å²) in [5.41, 5.74) is 3.00. The molecule has 0 atom stereocenters. The molecule has 0 unspecified atom stereocenters. The van der Waals surface area contributed by atoms with Crippen LogP contribution in [0.25, 0.3) is 0 Å². The number of rotatable bonds is 5. The van der Waals surface area contributed by atoms with Crippen molar-refractivity contribution in [2.75, 3.05) is 7.05 Å². The monoisotopic (exact) mass is 263 g/mol. The Labute approximate surface area is 111 Å². The highest BCUT2D eigenvalue weighted by Crippen LogP contribution is 2.17. The number of carbonyl (C=O) groups is 1. The summed E-state index contributed by atoms with van der Waals surface area (Å²) in [6, 6.07) is 5.48. The van der Waals surface area contributed by atoms with E-state index in [1.807, 2.05) is 26.1 Å². The molecule has 0 aliphatic carbocycles. The minimum absolute atomic E-state index is 0.224. The molecular weight excluding hydrogens is 246 g/mol. The summed E-state index contributed by atoms with van der Waals surface area (Å²) in [5.74, 6) is 6.47. The fourth-order valence-corrected chi connectivity index (χ4v) is 1.88. The normalized spacial score (nSPS) is 10.9. The van der Waals surface area contributed by atoms with Crippen molar-refractivity contribution >= 4 is 5.91 Å². The fourth-order valence-electron chi connectivity index (χ4n) is 1.88. The molecule has 0 fully saturated rings. The predicted molar refractivity (Wildman–Crippen MR) is 69.0 cm³/mol. The third kappa shape index (κ3) is 3.24. The maximum Gasteiger partial charge on any atom is 0.300 e. The van der Waals surface area contributed by atoms with Crippen molar-refractivity contribution in [3.05, 3.63) is 47.3 Å². The highest BCUT2D eigenvalue weighted by molar-refractivity contribution is 5.91. The van der Waals surface area contributed by atoms with Gasteiger partial charge in [0, 0.05) is 12.1 Å². The Morgan fingerprint density at radius 1 is 1.47 bits per heavy atom. The van der Waals surface area contributed by atoms with Gasteiger partial charge < -0.3 is 8.83 Å². The first-order chi connectivity index (χ1) is 9.10. The van der Waals surface area contributed by atoms with Crippen LogP contribution >= 0.6 is 0 Å². The summed E-state index contributed by atoms with van der Waals surface area (Å²) >= 11 is 0. The van der Waals surface area contributed by atoms with Crippen molar-refractivity contribution in [3.8, 4) is 0 Å². The van der Waals surface area contributed by atoms with Gasteiger partial charge in [-0.2, -0.15) is 0 Å². The number of nitrogens with one attached hydrogen (secondary N) is 1. The van der Waals surface area contributed by atoms with Gasteiger partial charge in [0.05, 0.1) is 12.8 Å². The lowest BCUT2D eigenvalue weighted by Crippen LogP contribution is -2.29. The van der Waals surface area contributed by atoms with E-state index in [4.69, 9.17) is 14.7 Å². The first-order valence-electron chi connectivity index (χ1n) is 5.91. The van der Waals surface area contributed by atoms with E-state index in [0.29, 0.717) is 18.8 Å². The second-order valence-electron chi connectivity index (χ2n) is 4.42. The lowest BCUT2D eigenvalue weighted by atomic mass is 10.2. The molecule has 2 aromatic rings. The molecular formula is C13H17N3O3. The Hall–Kier alpha value is -2.05. The zero-order valence-electron chi connectivity index (χ0n) is 11.0. The number of hydrazine groups is 1. The molecule has 0 aromatic carbocycles. The molecule has 0 saturated heterocycles. The molecule has 0 bridgehead atoms. The molecule has 0 spiro atoms. The van der Waals surface area contributed by atoms with E-state index in [0.717, 1.165) is 11.3 Å². The van der Waals surface area contributed by atoms with Gasteiger partial charge in [0.15, 0.2) is 5.76 Å². The summed E-state index contributed by atoms with van der Waals surface area (Å²) in [6.07, 6.45) is 1.65. The van der Waals surface area contributed by atoms with Gasteiger partial charge in [-0.1, -0.05) is 0 Å². The molecule has 2 rings (SSSR count). The zero-order valence-corrected chi connectivity index (χ0v) is 11.0. The maximum absolute atomic E-state index is 11.4. The van der Waals surface area contributed by atoms with Crippen molar-refractivity contribution in [2.24, 2.45) is 5.84 Å². The van der Waals surface area contributed by atoms with Gasteiger partial charge in [-0.05, 0) is 32.2 Å². The van der Waals surface area contributed by atoms with Gasteiger partial charge in [0.2, 0.25) is 0 Å². The number of nitrogens with two attached hydrogens (primary N) is 1. The Morgan fingerprint density at radius 3 is 2.89 bits per heavy atom. The lowest BCUT2D eigenvalue weighted by Gasteiger charge is -2.14. The van der Waals surface area contributed by atoms with Gasteiger partial charge >= 0.3 is 5.91 Å². The SMILES string of the molecule is Cc1oc(C(=O)NN)cc1CN(C)Cc1ccco1. The fraction of sp³-hybridized carbons (Fsp3) is 0.308. The lowest BCUT2D eigenvalue weighted by molar-refractivity contribution is 0.0924. The van der Waals surface area contributed by atoms with Crippen LogP contribution in [0.15, 0.2) is 33.3 Å². The van der Waals surface area contributed by atoms with Gasteiger partial charge in [-0.15, -0.1) is 0 Å². The third-order valence-corrected chi connectivity index (χ3v) is 2.82. The number of aryl methyl sites for hydroxylation is 1. The number of carbonyl (C=O) groups excluding carboxylic acids is 1. The standard InChI is InChI=1S/C13H17N3O3/c1-9-10(6-12(19-9)13(17)15-14)7-16(2)8-11-4-3-5-18-11/h3-6H,7-8,14H2,1-2H3,(H,15,17). The second-order valence-corrected chi connectivity index (χ2v) is 4.42. The largest absolute Gasteiger partial charge is 0.468 e. The van der Waals surface area contributed by atoms with Crippen LogP contribution in [0.1, 0.15) is 27.6 Å². The molecule has 6 heteroatoms. The van der Waals surface area contributed by atoms with Crippen molar-refractivity contribution in [3.63, 3.8) is 0 Å². The molecule has 19 heavy (non-hydrogen) atoms. The van der Waals surface area contributed by atoms with Crippen LogP contribution in [-0.4, -0.2) is 17.9 Å². The van der Waals surface area contributed by atoms with E-state index in [9.17, 15) is 4.79 Å². The summed E-state index contributed by atoms with van der Waals surface area (Å²) in [6.45, 7) is 3.17. The Balaban J connectivity index is 2.02. The smallest absolute Gasteiger partial charge is 0.300 e. The molecule has 2 heterocycles. The van der Waals surface area contributed by atoms with E-state index in [1.165, 1.54) is 0 Å². The molecule has 0 radical (unpaired) electrons. The first-order valence-corrected chi connectivity index (χ1v) is 5.91. The van der Waals surface area contributed by atoms with E-state index in [-0.39, 0.29) is 5.76 Å². The van der Waals surface area contributed by atoms with Gasteiger partial charge in [-0.25, -0.2) is 5.84 Å². The Morgan fingerprint density at radius 2 is 2.26 bits per heavy atom. The van der Waals surface area contributed by atoms with Crippen molar-refractivity contribution in [1.29, 1.82) is 0 Å². The van der Waals surface area contributed by atoms with E-state index >= 15 is 0 Å². The Bertz CT molecular complexity index is 545. The van der Waals surface area contributed by atoms with Crippen molar-refractivity contribution < 1.29 is 13.6 Å². The van der Waals surface area contributed by atoms with Crippen molar-refractivity contribution in [2.45, 2.75) is 20.0 Å². The van der Waals surface area contributed by atoms with Crippen molar-refractivity contribution in [1.82, 2.24) is 10.3 Å². The number of amides is 1. The van der Waals surface area contributed by atoms with E-state index in [2.05, 4.69) is 10.3 Å². The zero-order chi connectivity index (χ0) is 13.8. The summed E-state index contributed by atoms with van der Waals surface area (Å²) < 4.78 is 10.6. The number of hydrogen-bond acceptors (Lipinski definition) is 5. The molecule has 1 amide bonds. The van der Waals surface area contributed by atoms with Gasteiger partial charge in [-0.3, -0.25) is 15.1 Å². The average molecular weight is 263 g/mol. The van der Waals surface area contributed by atoms with Crippen LogP contribution < -0.4 is 11.3 Å². The van der Waals surface area contributed by atoms with Gasteiger partial charge in [0.25, 0.3) is 0 Å². The van der Waals surface area contributed by atoms with Crippen LogP contribution in [-0.2, 0) is 13.1 Å². The molecule has 6 nitrogen and oxygen atoms in total. The quantitative estimate of drug-likeness (QED) is 0.484. The molecule has 2 aromatic heterocycles. The molecule has 0 aliphatic rings. The van der Waals surface area contributed by atoms with Crippen LogP contribution in [0.4, 0.5) is 0 Å². The molecule has 0 saturated carbocycles. The minimum atomic E-state index is -0.428. The summed E-state index contributed by atoms with van der Waals surface area (Å²) in [7, 11) is 1.97. The summed E-state index contributed by atoms with van der Waals surface area (Å²) in [5, 5.41) is 0. The topological polar surface area (TPSA) is 84.6 Å². The van der Waals surface area contributed by atoms with Crippen LogP contribution in [0.2, 0.25) is 0 Å². The number of nitrogens with zero attached hydrogens (tertiary/aromatic N) is 1.